The first kappa shape index (κ1) is 13.9. The van der Waals surface area contributed by atoms with Gasteiger partial charge in [0.15, 0.2) is 0 Å². The largest absolute Gasteiger partial charge is 0.450 e. The molecule has 11 heavy (non-hydrogen) atoms. The molecular formula is C5H5F3LaO2. The minimum Gasteiger partial charge on any atom is -0.300 e. The number of carbonyl (C=O) groups is 2. The molecule has 0 saturated heterocycles. The van der Waals surface area contributed by atoms with Crippen molar-refractivity contribution in [3.63, 3.8) is 0 Å². The first-order chi connectivity index (χ1) is 4.34. The van der Waals surface area contributed by atoms with E-state index < -0.39 is 24.2 Å². The van der Waals surface area contributed by atoms with Gasteiger partial charge in [-0.15, -0.1) is 0 Å². The molecule has 1 radical (unpaired) electrons. The average molecular weight is 293 g/mol. The van der Waals surface area contributed by atoms with Gasteiger partial charge in [0.1, 0.15) is 5.78 Å². The molecule has 0 N–H and O–H groups in total. The normalized spacial score (nSPS) is 10.2. The molecule has 0 fully saturated rings. The molecule has 61 valence electrons. The van der Waals surface area contributed by atoms with Crippen LogP contribution in [-0.2, 0) is 9.59 Å². The van der Waals surface area contributed by atoms with Gasteiger partial charge in [-0.1, -0.05) is 0 Å². The Morgan fingerprint density at radius 3 is 1.73 bits per heavy atom. The van der Waals surface area contributed by atoms with Crippen LogP contribution in [0.1, 0.15) is 13.3 Å². The molecule has 0 atom stereocenters. The number of rotatable bonds is 2. The van der Waals surface area contributed by atoms with Gasteiger partial charge in [-0.3, -0.25) is 9.59 Å². The zero-order chi connectivity index (χ0) is 8.36. The first-order valence-electron chi connectivity index (χ1n) is 2.43. The van der Waals surface area contributed by atoms with Gasteiger partial charge in [-0.25, -0.2) is 0 Å². The molecule has 0 aromatic carbocycles. The minimum atomic E-state index is -4.87. The number of hydrogen-bond acceptors (Lipinski definition) is 2. The smallest absolute Gasteiger partial charge is 0.300 e. The molecule has 0 spiro atoms. The second kappa shape index (κ2) is 5.06. The van der Waals surface area contributed by atoms with E-state index in [-0.39, 0.29) is 35.6 Å². The fourth-order valence-electron chi connectivity index (χ4n) is 0.326. The van der Waals surface area contributed by atoms with Crippen molar-refractivity contribution >= 4 is 11.6 Å². The molecule has 0 amide bonds. The first-order valence-corrected chi connectivity index (χ1v) is 2.43. The van der Waals surface area contributed by atoms with E-state index in [0.717, 1.165) is 6.92 Å². The van der Waals surface area contributed by atoms with Crippen molar-refractivity contribution in [1.29, 1.82) is 0 Å². The average Bonchev–Trinajstić information content (AvgIpc) is 1.60. The van der Waals surface area contributed by atoms with E-state index in [1.165, 1.54) is 0 Å². The number of carbonyl (C=O) groups excluding carboxylic acids is 2. The van der Waals surface area contributed by atoms with Crippen LogP contribution >= 0.6 is 0 Å². The summed E-state index contributed by atoms with van der Waals surface area (Å²) >= 11 is 0. The molecule has 0 aromatic heterocycles. The van der Waals surface area contributed by atoms with Crippen LogP contribution in [0, 0.1) is 35.6 Å². The van der Waals surface area contributed by atoms with Gasteiger partial charge in [0.05, 0.1) is 6.42 Å². The standard InChI is InChI=1S/C5H5F3O2.La/c1-3(9)2-4(10)5(6,7)8;/h2H2,1H3;. The van der Waals surface area contributed by atoms with Gasteiger partial charge in [-0.05, 0) is 6.92 Å². The molecule has 0 aliphatic rings. The second-order valence-electron chi connectivity index (χ2n) is 1.80. The Morgan fingerprint density at radius 1 is 1.27 bits per heavy atom. The van der Waals surface area contributed by atoms with E-state index in [2.05, 4.69) is 0 Å². The molecular weight excluding hydrogens is 288 g/mol. The van der Waals surface area contributed by atoms with Crippen LogP contribution < -0.4 is 0 Å². The summed E-state index contributed by atoms with van der Waals surface area (Å²) < 4.78 is 33.9. The Kier molecular flexibility index (Phi) is 6.38. The maximum absolute atomic E-state index is 11.3. The quantitative estimate of drug-likeness (QED) is 0.714. The van der Waals surface area contributed by atoms with Crippen LogP contribution in [0.2, 0.25) is 0 Å². The van der Waals surface area contributed by atoms with E-state index in [4.69, 9.17) is 0 Å². The van der Waals surface area contributed by atoms with Crippen LogP contribution in [0.15, 0.2) is 0 Å². The predicted octanol–water partition coefficient (Wildman–Crippen LogP) is 1.10. The molecule has 2 nitrogen and oxygen atoms in total. The van der Waals surface area contributed by atoms with Gasteiger partial charge in [0.2, 0.25) is 5.78 Å². The fourth-order valence-corrected chi connectivity index (χ4v) is 0.326. The van der Waals surface area contributed by atoms with Gasteiger partial charge >= 0.3 is 6.18 Å². The second-order valence-corrected chi connectivity index (χ2v) is 1.80. The zero-order valence-corrected chi connectivity index (χ0v) is 9.36. The van der Waals surface area contributed by atoms with Crippen LogP contribution in [0.5, 0.6) is 0 Å². The topological polar surface area (TPSA) is 34.1 Å². The Bertz CT molecular complexity index is 164. The number of alkyl halides is 3. The van der Waals surface area contributed by atoms with Gasteiger partial charge in [0.25, 0.3) is 0 Å². The van der Waals surface area contributed by atoms with Crippen LogP contribution in [0.4, 0.5) is 13.2 Å². The van der Waals surface area contributed by atoms with E-state index in [1.807, 2.05) is 0 Å². The summed E-state index contributed by atoms with van der Waals surface area (Å²) in [7, 11) is 0. The van der Waals surface area contributed by atoms with E-state index >= 15 is 0 Å². The molecule has 0 aromatic rings. The van der Waals surface area contributed by atoms with Crippen molar-refractivity contribution in [3.8, 4) is 0 Å². The monoisotopic (exact) mass is 293 g/mol. The Labute approximate surface area is 89.1 Å². The van der Waals surface area contributed by atoms with E-state index in [9.17, 15) is 22.8 Å². The fraction of sp³-hybridized carbons (Fsp3) is 0.600. The summed E-state index contributed by atoms with van der Waals surface area (Å²) in [4.78, 5) is 19.9. The van der Waals surface area contributed by atoms with Crippen molar-refractivity contribution in [3.05, 3.63) is 0 Å². The molecule has 0 bridgehead atoms. The summed E-state index contributed by atoms with van der Waals surface area (Å²) in [6, 6.07) is 0. The summed E-state index contributed by atoms with van der Waals surface area (Å²) in [5.41, 5.74) is 0. The molecule has 0 saturated carbocycles. The van der Waals surface area contributed by atoms with Crippen LogP contribution in [0.25, 0.3) is 0 Å². The Balaban J connectivity index is 0. The summed E-state index contributed by atoms with van der Waals surface area (Å²) in [5.74, 6) is -2.76. The van der Waals surface area contributed by atoms with Crippen molar-refractivity contribution in [2.24, 2.45) is 0 Å². The number of hydrogen-bond donors (Lipinski definition) is 0. The number of ketones is 2. The number of halogens is 3. The zero-order valence-electron chi connectivity index (χ0n) is 5.73. The molecule has 0 unspecified atom stereocenters. The molecule has 0 rings (SSSR count). The van der Waals surface area contributed by atoms with Crippen molar-refractivity contribution in [2.75, 3.05) is 0 Å². The minimum absolute atomic E-state index is 0. The molecule has 0 aliphatic heterocycles. The van der Waals surface area contributed by atoms with E-state index in [1.54, 1.807) is 0 Å². The SMILES string of the molecule is CC(=O)CC(=O)C(F)(F)F.[La]. The summed E-state index contributed by atoms with van der Waals surface area (Å²) in [6.45, 7) is 0.934. The van der Waals surface area contributed by atoms with Gasteiger partial charge in [-0.2, -0.15) is 13.2 Å². The third kappa shape index (κ3) is 6.71. The summed E-state index contributed by atoms with van der Waals surface area (Å²) in [6.07, 6.45) is -5.92. The Morgan fingerprint density at radius 2 is 1.64 bits per heavy atom. The molecule has 0 aliphatic carbocycles. The van der Waals surface area contributed by atoms with Crippen molar-refractivity contribution < 1.29 is 58.4 Å². The third-order valence-corrected chi connectivity index (χ3v) is 0.726. The van der Waals surface area contributed by atoms with Crippen molar-refractivity contribution in [2.45, 2.75) is 19.5 Å². The number of Topliss-reactive ketones (excluding diaryl/α,β-unsaturated/α-hetero) is 2. The van der Waals surface area contributed by atoms with E-state index in [0.29, 0.717) is 0 Å². The molecule has 0 heterocycles. The van der Waals surface area contributed by atoms with Crippen LogP contribution in [-0.4, -0.2) is 17.7 Å². The predicted molar refractivity (Wildman–Crippen MR) is 26.4 cm³/mol. The molecule has 6 heteroatoms. The van der Waals surface area contributed by atoms with Crippen molar-refractivity contribution in [1.82, 2.24) is 0 Å². The van der Waals surface area contributed by atoms with Gasteiger partial charge in [0, 0.05) is 35.6 Å². The Hall–Kier alpha value is 0.325. The van der Waals surface area contributed by atoms with Crippen LogP contribution in [0.3, 0.4) is 0 Å². The maximum atomic E-state index is 11.3. The summed E-state index contributed by atoms with van der Waals surface area (Å²) in [5, 5.41) is 0. The third-order valence-electron chi connectivity index (χ3n) is 0.726. The maximum Gasteiger partial charge on any atom is 0.450 e. The van der Waals surface area contributed by atoms with Gasteiger partial charge < -0.3 is 0 Å².